The molecule has 0 spiro atoms. The lowest BCUT2D eigenvalue weighted by molar-refractivity contribution is 0.102. The number of rotatable bonds is 6. The highest BCUT2D eigenvalue weighted by Crippen LogP contribution is 2.22. The number of anilines is 2. The summed E-state index contributed by atoms with van der Waals surface area (Å²) in [6, 6.07) is 15.0. The molecule has 0 saturated carbocycles. The van der Waals surface area contributed by atoms with E-state index >= 15 is 0 Å². The molecule has 1 atom stereocenters. The molecule has 1 saturated heterocycles. The zero-order valence-electron chi connectivity index (χ0n) is 17.6. The molecule has 0 bridgehead atoms. The first kappa shape index (κ1) is 22.5. The van der Waals surface area contributed by atoms with Gasteiger partial charge in [-0.3, -0.25) is 25.2 Å². The minimum absolute atomic E-state index is 0.0215. The summed E-state index contributed by atoms with van der Waals surface area (Å²) in [6.07, 6.45) is 1.18. The number of carbonyl (C=O) groups excluding carboxylic acids is 2. The summed E-state index contributed by atoms with van der Waals surface area (Å²) in [5, 5.41) is 8.65. The average Bonchev–Trinajstić information content (AvgIpc) is 3.33. The van der Waals surface area contributed by atoms with Crippen LogP contribution in [0.4, 0.5) is 16.4 Å². The van der Waals surface area contributed by atoms with Crippen LogP contribution in [0, 0.1) is 0 Å². The number of halogens is 1. The van der Waals surface area contributed by atoms with E-state index in [0.717, 1.165) is 24.9 Å². The monoisotopic (exact) mass is 467 g/mol. The Morgan fingerprint density at radius 2 is 1.94 bits per heavy atom. The molecule has 3 aromatic rings. The topological polar surface area (TPSA) is 125 Å². The summed E-state index contributed by atoms with van der Waals surface area (Å²) in [4.78, 5) is 43.8. The fourth-order valence-electron chi connectivity index (χ4n) is 3.50. The van der Waals surface area contributed by atoms with Gasteiger partial charge in [0.1, 0.15) is 6.61 Å². The summed E-state index contributed by atoms with van der Waals surface area (Å²) >= 11 is 6.14. The Bertz CT molecular complexity index is 1210. The van der Waals surface area contributed by atoms with Crippen molar-refractivity contribution in [3.8, 4) is 0 Å². The van der Waals surface area contributed by atoms with E-state index in [2.05, 4.69) is 25.9 Å². The van der Waals surface area contributed by atoms with Gasteiger partial charge in [-0.1, -0.05) is 41.9 Å². The Labute approximate surface area is 194 Å². The Balaban J connectivity index is 1.43. The number of H-pyrrole nitrogens is 1. The van der Waals surface area contributed by atoms with Crippen LogP contribution in [0.3, 0.4) is 0 Å². The lowest BCUT2D eigenvalue weighted by Crippen LogP contribution is -2.22. The van der Waals surface area contributed by atoms with Crippen molar-refractivity contribution >= 4 is 35.2 Å². The smallest absolute Gasteiger partial charge is 0.411 e. The van der Waals surface area contributed by atoms with Gasteiger partial charge in [0.05, 0.1) is 5.69 Å². The number of carbonyl (C=O) groups is 2. The molecular formula is C23H22ClN5O4. The van der Waals surface area contributed by atoms with Gasteiger partial charge in [0.15, 0.2) is 0 Å². The highest BCUT2D eigenvalue weighted by atomic mass is 35.5. The van der Waals surface area contributed by atoms with E-state index in [9.17, 15) is 14.4 Å². The molecule has 2 heterocycles. The number of nitrogens with one attached hydrogen (secondary N) is 4. The number of nitrogens with zero attached hydrogens (tertiary/aromatic N) is 1. The maximum atomic E-state index is 12.8. The van der Waals surface area contributed by atoms with Gasteiger partial charge < -0.3 is 10.1 Å². The molecule has 1 aliphatic heterocycles. The first-order chi connectivity index (χ1) is 16.0. The molecule has 0 unspecified atom stereocenters. The largest absolute Gasteiger partial charge is 0.444 e. The molecule has 4 rings (SSSR count). The highest BCUT2D eigenvalue weighted by Gasteiger charge is 2.19. The van der Waals surface area contributed by atoms with Gasteiger partial charge in [0.25, 0.3) is 11.5 Å². The lowest BCUT2D eigenvalue weighted by Gasteiger charge is -2.12. The minimum Gasteiger partial charge on any atom is -0.444 e. The number of benzene rings is 2. The Hall–Kier alpha value is -3.69. The van der Waals surface area contributed by atoms with Crippen LogP contribution >= 0.6 is 11.6 Å². The normalized spacial score (nSPS) is 15.1. The van der Waals surface area contributed by atoms with Crippen molar-refractivity contribution in [3.05, 3.63) is 86.8 Å². The van der Waals surface area contributed by atoms with Gasteiger partial charge in [-0.15, -0.1) is 0 Å². The molecule has 33 heavy (non-hydrogen) atoms. The zero-order chi connectivity index (χ0) is 23.2. The molecule has 1 fully saturated rings. The van der Waals surface area contributed by atoms with Crippen molar-refractivity contribution in [2.75, 3.05) is 17.2 Å². The Morgan fingerprint density at radius 1 is 1.12 bits per heavy atom. The number of hydrogen-bond acceptors (Lipinski definition) is 6. The predicted molar refractivity (Wildman–Crippen MR) is 124 cm³/mol. The van der Waals surface area contributed by atoms with Crippen molar-refractivity contribution in [2.24, 2.45) is 0 Å². The van der Waals surface area contributed by atoms with Gasteiger partial charge in [0.2, 0.25) is 5.95 Å². The lowest BCUT2D eigenvalue weighted by atomic mass is 10.1. The minimum atomic E-state index is -0.685. The SMILES string of the molecule is O=C(Nc1cc(Cl)cc(C(=O)Nc2nc([C@H]3CCCN3)cc(=O)[nH]2)c1)OCc1ccccc1. The number of aromatic nitrogens is 2. The third-order valence-corrected chi connectivity index (χ3v) is 5.25. The van der Waals surface area contributed by atoms with Crippen LogP contribution in [0.5, 0.6) is 0 Å². The molecule has 0 aliphatic carbocycles. The average molecular weight is 468 g/mol. The van der Waals surface area contributed by atoms with Crippen molar-refractivity contribution in [1.82, 2.24) is 15.3 Å². The standard InChI is InChI=1S/C23H22ClN5O4/c24-16-9-15(10-17(11-16)26-23(32)33-13-14-5-2-1-3-6-14)21(31)29-22-27-19(12-20(30)28-22)18-7-4-8-25-18/h1-3,5-6,9-12,18,25H,4,7-8,13H2,(H,26,32)(H2,27,28,29,30,31)/t18-/m1/s1. The molecule has 10 heteroatoms. The molecule has 170 valence electrons. The van der Waals surface area contributed by atoms with E-state index in [1.54, 1.807) is 0 Å². The summed E-state index contributed by atoms with van der Waals surface area (Å²) < 4.78 is 5.19. The van der Waals surface area contributed by atoms with Gasteiger partial charge in [0, 0.05) is 28.4 Å². The van der Waals surface area contributed by atoms with Crippen LogP contribution < -0.4 is 21.5 Å². The van der Waals surface area contributed by atoms with Crippen LogP contribution in [0.15, 0.2) is 59.4 Å². The highest BCUT2D eigenvalue weighted by molar-refractivity contribution is 6.31. The predicted octanol–water partition coefficient (Wildman–Crippen LogP) is 3.85. The number of hydrogen-bond donors (Lipinski definition) is 4. The fourth-order valence-corrected chi connectivity index (χ4v) is 3.74. The van der Waals surface area contributed by atoms with E-state index in [1.807, 2.05) is 30.3 Å². The van der Waals surface area contributed by atoms with Gasteiger partial charge in [-0.2, -0.15) is 0 Å². The van der Waals surface area contributed by atoms with Crippen LogP contribution in [0.1, 0.15) is 40.5 Å². The summed E-state index contributed by atoms with van der Waals surface area (Å²) in [7, 11) is 0. The molecule has 4 N–H and O–H groups in total. The molecule has 9 nitrogen and oxygen atoms in total. The van der Waals surface area contributed by atoms with Crippen molar-refractivity contribution in [3.63, 3.8) is 0 Å². The van der Waals surface area contributed by atoms with Crippen molar-refractivity contribution < 1.29 is 14.3 Å². The maximum Gasteiger partial charge on any atom is 0.411 e. The maximum absolute atomic E-state index is 12.8. The van der Waals surface area contributed by atoms with Crippen LogP contribution in [0.25, 0.3) is 0 Å². The van der Waals surface area contributed by atoms with Crippen LogP contribution in [-0.2, 0) is 11.3 Å². The number of amides is 2. The zero-order valence-corrected chi connectivity index (χ0v) is 18.3. The number of ether oxygens (including phenoxy) is 1. The fraction of sp³-hybridized carbons (Fsp3) is 0.217. The Kier molecular flexibility index (Phi) is 7.01. The summed E-state index contributed by atoms with van der Waals surface area (Å²) in [6.45, 7) is 0.957. The third kappa shape index (κ3) is 6.18. The molecule has 2 aromatic carbocycles. The van der Waals surface area contributed by atoms with Crippen LogP contribution in [0.2, 0.25) is 5.02 Å². The quantitative estimate of drug-likeness (QED) is 0.436. The Morgan fingerprint density at radius 3 is 2.70 bits per heavy atom. The van der Waals surface area contributed by atoms with E-state index in [0.29, 0.717) is 5.69 Å². The second-order valence-corrected chi connectivity index (χ2v) is 7.97. The summed E-state index contributed by atoms with van der Waals surface area (Å²) in [5.41, 5.74) is 1.51. The molecule has 2 amide bonds. The number of aromatic amines is 1. The molecular weight excluding hydrogens is 446 g/mol. The summed E-state index contributed by atoms with van der Waals surface area (Å²) in [5.74, 6) is -0.508. The second-order valence-electron chi connectivity index (χ2n) is 7.54. The van der Waals surface area contributed by atoms with Gasteiger partial charge in [-0.05, 0) is 43.1 Å². The van der Waals surface area contributed by atoms with Gasteiger partial charge >= 0.3 is 6.09 Å². The van der Waals surface area contributed by atoms with Crippen LogP contribution in [-0.4, -0.2) is 28.5 Å². The van der Waals surface area contributed by atoms with Gasteiger partial charge in [-0.25, -0.2) is 9.78 Å². The molecule has 1 aliphatic rings. The van der Waals surface area contributed by atoms with Crippen molar-refractivity contribution in [2.45, 2.75) is 25.5 Å². The first-order valence-electron chi connectivity index (χ1n) is 10.4. The first-order valence-corrected chi connectivity index (χ1v) is 10.8. The van der Waals surface area contributed by atoms with E-state index < -0.39 is 12.0 Å². The molecule has 0 radical (unpaired) electrons. The third-order valence-electron chi connectivity index (χ3n) is 5.03. The van der Waals surface area contributed by atoms with E-state index in [-0.39, 0.29) is 40.4 Å². The van der Waals surface area contributed by atoms with Crippen molar-refractivity contribution in [1.29, 1.82) is 0 Å². The second kappa shape index (κ2) is 10.3. The molecule has 1 aromatic heterocycles. The van der Waals surface area contributed by atoms with E-state index in [4.69, 9.17) is 16.3 Å². The van der Waals surface area contributed by atoms with E-state index in [1.165, 1.54) is 24.3 Å².